The molecule has 0 fully saturated rings. The fourth-order valence-electron chi connectivity index (χ4n) is 2.42. The molecular weight excluding hydrogens is 282 g/mol. The molecule has 0 amide bonds. The van der Waals surface area contributed by atoms with Gasteiger partial charge in [0.15, 0.2) is 0 Å². The largest absolute Gasteiger partial charge is 0.396 e. The molecule has 3 heterocycles. The Bertz CT molecular complexity index is 664. The number of hydrogen-bond acceptors (Lipinski definition) is 4. The SMILES string of the molecule is OC[C@H](Cc1ccsc1)Cn1ccnc1-c1ccncc1. The lowest BCUT2D eigenvalue weighted by molar-refractivity contribution is 0.210. The Morgan fingerprint density at radius 1 is 1.19 bits per heavy atom. The van der Waals surface area contributed by atoms with Gasteiger partial charge < -0.3 is 9.67 Å². The van der Waals surface area contributed by atoms with Crippen LogP contribution in [0, 0.1) is 5.92 Å². The van der Waals surface area contributed by atoms with E-state index >= 15 is 0 Å². The molecule has 0 spiro atoms. The van der Waals surface area contributed by atoms with Crippen molar-refractivity contribution in [2.45, 2.75) is 13.0 Å². The molecule has 1 N–H and O–H groups in total. The number of pyridine rings is 1. The van der Waals surface area contributed by atoms with Crippen LogP contribution in [-0.4, -0.2) is 26.2 Å². The minimum atomic E-state index is 0.170. The molecule has 0 bridgehead atoms. The van der Waals surface area contributed by atoms with Gasteiger partial charge in [-0.1, -0.05) is 0 Å². The van der Waals surface area contributed by atoms with E-state index in [0.717, 1.165) is 24.4 Å². The van der Waals surface area contributed by atoms with E-state index in [9.17, 15) is 5.11 Å². The summed E-state index contributed by atoms with van der Waals surface area (Å²) in [5, 5.41) is 13.9. The van der Waals surface area contributed by atoms with Crippen LogP contribution in [0.4, 0.5) is 0 Å². The van der Waals surface area contributed by atoms with E-state index in [2.05, 4.69) is 31.4 Å². The van der Waals surface area contributed by atoms with Crippen molar-refractivity contribution in [1.29, 1.82) is 0 Å². The van der Waals surface area contributed by atoms with Gasteiger partial charge in [0.1, 0.15) is 5.82 Å². The molecule has 0 unspecified atom stereocenters. The van der Waals surface area contributed by atoms with Crippen molar-refractivity contribution in [2.75, 3.05) is 6.61 Å². The molecule has 3 rings (SSSR count). The third kappa shape index (κ3) is 3.37. The Kier molecular flexibility index (Phi) is 4.43. The second-order valence-corrected chi connectivity index (χ2v) is 5.80. The molecular formula is C16H17N3OS. The summed E-state index contributed by atoms with van der Waals surface area (Å²) in [4.78, 5) is 8.46. The van der Waals surface area contributed by atoms with E-state index in [4.69, 9.17) is 0 Å². The molecule has 108 valence electrons. The third-order valence-electron chi connectivity index (χ3n) is 3.47. The average Bonchev–Trinajstić information content (AvgIpc) is 3.19. The van der Waals surface area contributed by atoms with Crippen LogP contribution in [0.5, 0.6) is 0 Å². The monoisotopic (exact) mass is 299 g/mol. The van der Waals surface area contributed by atoms with Gasteiger partial charge in [0, 0.05) is 49.4 Å². The van der Waals surface area contributed by atoms with Crippen LogP contribution in [0.1, 0.15) is 5.56 Å². The first-order valence-corrected chi connectivity index (χ1v) is 7.84. The van der Waals surface area contributed by atoms with Crippen LogP contribution in [-0.2, 0) is 13.0 Å². The highest BCUT2D eigenvalue weighted by Gasteiger charge is 2.13. The molecule has 1 atom stereocenters. The second kappa shape index (κ2) is 6.65. The Balaban J connectivity index is 1.77. The number of nitrogens with zero attached hydrogens (tertiary/aromatic N) is 3. The number of aliphatic hydroxyl groups excluding tert-OH is 1. The standard InChI is InChI=1S/C16H17N3OS/c20-11-14(9-13-3-8-21-12-13)10-19-7-6-18-16(19)15-1-4-17-5-2-15/h1-8,12,14,20H,9-11H2/t14-/m1/s1. The zero-order chi connectivity index (χ0) is 14.5. The second-order valence-electron chi connectivity index (χ2n) is 5.02. The predicted octanol–water partition coefficient (Wildman–Crippen LogP) is 2.86. The molecule has 5 heteroatoms. The Morgan fingerprint density at radius 2 is 2.05 bits per heavy atom. The van der Waals surface area contributed by atoms with E-state index in [1.165, 1.54) is 5.56 Å². The minimum Gasteiger partial charge on any atom is -0.396 e. The van der Waals surface area contributed by atoms with Crippen LogP contribution in [0.25, 0.3) is 11.4 Å². The van der Waals surface area contributed by atoms with E-state index in [-0.39, 0.29) is 12.5 Å². The molecule has 3 aromatic heterocycles. The van der Waals surface area contributed by atoms with Crippen LogP contribution in [0.15, 0.2) is 53.7 Å². The van der Waals surface area contributed by atoms with Crippen molar-refractivity contribution in [2.24, 2.45) is 5.92 Å². The number of aromatic nitrogens is 3. The molecule has 21 heavy (non-hydrogen) atoms. The quantitative estimate of drug-likeness (QED) is 0.761. The zero-order valence-corrected chi connectivity index (χ0v) is 12.4. The van der Waals surface area contributed by atoms with Gasteiger partial charge in [-0.05, 0) is 40.9 Å². The summed E-state index contributed by atoms with van der Waals surface area (Å²) in [7, 11) is 0. The van der Waals surface area contributed by atoms with E-state index in [1.807, 2.05) is 18.3 Å². The smallest absolute Gasteiger partial charge is 0.139 e. The molecule has 0 radical (unpaired) electrons. The van der Waals surface area contributed by atoms with Gasteiger partial charge in [0.05, 0.1) is 0 Å². The lowest BCUT2D eigenvalue weighted by Gasteiger charge is -2.16. The summed E-state index contributed by atoms with van der Waals surface area (Å²) in [6, 6.07) is 6.02. The summed E-state index contributed by atoms with van der Waals surface area (Å²) in [6.07, 6.45) is 8.18. The van der Waals surface area contributed by atoms with Crippen LogP contribution in [0.3, 0.4) is 0 Å². The van der Waals surface area contributed by atoms with Crippen molar-refractivity contribution in [1.82, 2.24) is 14.5 Å². The maximum atomic E-state index is 9.64. The normalized spacial score (nSPS) is 12.4. The average molecular weight is 299 g/mol. The maximum absolute atomic E-state index is 9.64. The van der Waals surface area contributed by atoms with Gasteiger partial charge in [0.25, 0.3) is 0 Å². The van der Waals surface area contributed by atoms with Crippen LogP contribution in [0.2, 0.25) is 0 Å². The molecule has 4 nitrogen and oxygen atoms in total. The lowest BCUT2D eigenvalue weighted by atomic mass is 10.0. The van der Waals surface area contributed by atoms with Gasteiger partial charge in [0.2, 0.25) is 0 Å². The number of thiophene rings is 1. The highest BCUT2D eigenvalue weighted by Crippen LogP contribution is 2.19. The lowest BCUT2D eigenvalue weighted by Crippen LogP contribution is -2.17. The first kappa shape index (κ1) is 14.0. The topological polar surface area (TPSA) is 50.9 Å². The zero-order valence-electron chi connectivity index (χ0n) is 11.6. The summed E-state index contributed by atoms with van der Waals surface area (Å²) in [6.45, 7) is 0.924. The fraction of sp³-hybridized carbons (Fsp3) is 0.250. The number of aliphatic hydroxyl groups is 1. The molecule has 0 aliphatic rings. The van der Waals surface area contributed by atoms with E-state index in [1.54, 1.807) is 29.9 Å². The number of imidazole rings is 1. The Morgan fingerprint density at radius 3 is 2.76 bits per heavy atom. The highest BCUT2D eigenvalue weighted by atomic mass is 32.1. The molecule has 0 aliphatic heterocycles. The van der Waals surface area contributed by atoms with Gasteiger partial charge in [-0.3, -0.25) is 4.98 Å². The first-order valence-electron chi connectivity index (χ1n) is 6.90. The highest BCUT2D eigenvalue weighted by molar-refractivity contribution is 7.07. The summed E-state index contributed by atoms with van der Waals surface area (Å²) in [5.41, 5.74) is 2.33. The molecule has 0 aromatic carbocycles. The molecule has 0 saturated heterocycles. The van der Waals surface area contributed by atoms with Gasteiger partial charge >= 0.3 is 0 Å². The van der Waals surface area contributed by atoms with Gasteiger partial charge in [-0.25, -0.2) is 4.98 Å². The summed E-state index contributed by atoms with van der Waals surface area (Å²) >= 11 is 1.69. The van der Waals surface area contributed by atoms with Crippen molar-refractivity contribution in [3.05, 3.63) is 59.3 Å². The van der Waals surface area contributed by atoms with E-state index in [0.29, 0.717) is 0 Å². The van der Waals surface area contributed by atoms with Crippen LogP contribution >= 0.6 is 11.3 Å². The number of rotatable bonds is 6. The summed E-state index contributed by atoms with van der Waals surface area (Å²) in [5.74, 6) is 1.11. The molecule has 3 aromatic rings. The minimum absolute atomic E-state index is 0.170. The maximum Gasteiger partial charge on any atom is 0.139 e. The Hall–Kier alpha value is -1.98. The fourth-order valence-corrected chi connectivity index (χ4v) is 3.11. The van der Waals surface area contributed by atoms with Crippen molar-refractivity contribution in [3.63, 3.8) is 0 Å². The van der Waals surface area contributed by atoms with Crippen molar-refractivity contribution < 1.29 is 5.11 Å². The molecule has 0 aliphatic carbocycles. The van der Waals surface area contributed by atoms with Crippen molar-refractivity contribution in [3.8, 4) is 11.4 Å². The van der Waals surface area contributed by atoms with Gasteiger partial charge in [-0.2, -0.15) is 11.3 Å². The van der Waals surface area contributed by atoms with Crippen molar-refractivity contribution >= 4 is 11.3 Å². The predicted molar refractivity (Wildman–Crippen MR) is 84.1 cm³/mol. The number of hydrogen-bond donors (Lipinski definition) is 1. The van der Waals surface area contributed by atoms with Crippen LogP contribution < -0.4 is 0 Å². The van der Waals surface area contributed by atoms with Gasteiger partial charge in [-0.15, -0.1) is 0 Å². The molecule has 0 saturated carbocycles. The summed E-state index contributed by atoms with van der Waals surface area (Å²) < 4.78 is 2.10. The first-order chi connectivity index (χ1) is 10.4. The Labute approximate surface area is 127 Å². The van der Waals surface area contributed by atoms with E-state index < -0.39 is 0 Å². The third-order valence-corrected chi connectivity index (χ3v) is 4.20.